The summed E-state index contributed by atoms with van der Waals surface area (Å²) < 4.78 is 28.7. The van der Waals surface area contributed by atoms with Crippen molar-refractivity contribution < 1.29 is 8.42 Å². The van der Waals surface area contributed by atoms with Crippen LogP contribution in [0.25, 0.3) is 0 Å². The SMILES string of the molecule is CNS(=O)(=O)NC1C2CCC1Cc1ccccc1C2. The molecule has 0 aliphatic heterocycles. The number of benzene rings is 1. The molecule has 0 radical (unpaired) electrons. The summed E-state index contributed by atoms with van der Waals surface area (Å²) in [7, 11) is -1.89. The summed E-state index contributed by atoms with van der Waals surface area (Å²) in [5, 5.41) is 0. The summed E-state index contributed by atoms with van der Waals surface area (Å²) in [4.78, 5) is 0. The van der Waals surface area contributed by atoms with Gasteiger partial charge in [0.15, 0.2) is 0 Å². The molecule has 0 saturated heterocycles. The first-order valence-corrected chi connectivity index (χ1v) is 8.35. The number of fused-ring (bicyclic) bond motifs is 3. The average Bonchev–Trinajstić information content (AvgIpc) is 2.65. The molecule has 0 spiro atoms. The summed E-state index contributed by atoms with van der Waals surface area (Å²) in [6.07, 6.45) is 4.22. The molecule has 2 atom stereocenters. The van der Waals surface area contributed by atoms with Crippen molar-refractivity contribution in [3.05, 3.63) is 35.4 Å². The third-order valence-corrected chi connectivity index (χ3v) is 5.69. The molecule has 1 aromatic rings. The van der Waals surface area contributed by atoms with E-state index in [-0.39, 0.29) is 6.04 Å². The van der Waals surface area contributed by atoms with Crippen LogP contribution in [0.5, 0.6) is 0 Å². The van der Waals surface area contributed by atoms with Crippen LogP contribution in [0.1, 0.15) is 24.0 Å². The van der Waals surface area contributed by atoms with E-state index < -0.39 is 10.2 Å². The standard InChI is InChI=1S/C14H20N2O2S/c1-15-19(17,18)16-14-12-6-7-13(14)9-11-5-3-2-4-10(11)8-12/h2-5,12-16H,6-9H2,1H3. The molecule has 0 heterocycles. The molecule has 2 N–H and O–H groups in total. The topological polar surface area (TPSA) is 58.2 Å². The Morgan fingerprint density at radius 3 is 2.05 bits per heavy atom. The smallest absolute Gasteiger partial charge is 0.205 e. The van der Waals surface area contributed by atoms with Gasteiger partial charge in [0.25, 0.3) is 10.2 Å². The first-order chi connectivity index (χ1) is 9.09. The highest BCUT2D eigenvalue weighted by Gasteiger charge is 2.40. The maximum Gasteiger partial charge on any atom is 0.276 e. The van der Waals surface area contributed by atoms with Crippen LogP contribution in [0.15, 0.2) is 24.3 Å². The summed E-state index contributed by atoms with van der Waals surface area (Å²) in [6.45, 7) is 0. The van der Waals surface area contributed by atoms with Gasteiger partial charge in [0.2, 0.25) is 0 Å². The van der Waals surface area contributed by atoms with Crippen LogP contribution >= 0.6 is 0 Å². The maximum absolute atomic E-state index is 11.7. The van der Waals surface area contributed by atoms with Gasteiger partial charge in [0, 0.05) is 13.1 Å². The summed E-state index contributed by atoms with van der Waals surface area (Å²) >= 11 is 0. The van der Waals surface area contributed by atoms with Crippen molar-refractivity contribution in [2.24, 2.45) is 11.8 Å². The molecule has 1 aromatic carbocycles. The minimum atomic E-state index is -3.35. The van der Waals surface area contributed by atoms with E-state index in [9.17, 15) is 8.42 Å². The lowest BCUT2D eigenvalue weighted by Crippen LogP contribution is -2.46. The minimum Gasteiger partial charge on any atom is -0.205 e. The fourth-order valence-corrected chi connectivity index (χ4v) is 4.44. The van der Waals surface area contributed by atoms with Gasteiger partial charge in [-0.3, -0.25) is 0 Å². The van der Waals surface area contributed by atoms with Crippen LogP contribution in [0.3, 0.4) is 0 Å². The van der Waals surface area contributed by atoms with E-state index in [0.29, 0.717) is 11.8 Å². The Morgan fingerprint density at radius 2 is 1.58 bits per heavy atom. The van der Waals surface area contributed by atoms with Crippen LogP contribution in [0.2, 0.25) is 0 Å². The molecule has 104 valence electrons. The van der Waals surface area contributed by atoms with Crippen molar-refractivity contribution in [2.75, 3.05) is 7.05 Å². The fourth-order valence-electron chi connectivity index (χ4n) is 3.58. The Kier molecular flexibility index (Phi) is 3.37. The normalized spacial score (nSPS) is 29.8. The molecule has 1 fully saturated rings. The number of nitrogens with one attached hydrogen (secondary N) is 2. The van der Waals surface area contributed by atoms with Gasteiger partial charge in [0.1, 0.15) is 0 Å². The highest BCUT2D eigenvalue weighted by Crippen LogP contribution is 2.40. The van der Waals surface area contributed by atoms with Crippen LogP contribution in [0, 0.1) is 11.8 Å². The van der Waals surface area contributed by atoms with Crippen molar-refractivity contribution in [2.45, 2.75) is 31.7 Å². The molecule has 2 unspecified atom stereocenters. The van der Waals surface area contributed by atoms with E-state index in [4.69, 9.17) is 0 Å². The lowest BCUT2D eigenvalue weighted by atomic mass is 9.94. The molecular formula is C14H20N2O2S. The molecule has 5 heteroatoms. The maximum atomic E-state index is 11.7. The molecule has 4 nitrogen and oxygen atoms in total. The van der Waals surface area contributed by atoms with Crippen molar-refractivity contribution in [1.29, 1.82) is 0 Å². The van der Waals surface area contributed by atoms with Crippen LogP contribution in [-0.4, -0.2) is 21.5 Å². The molecule has 3 rings (SSSR count). The Labute approximate surface area is 114 Å². The summed E-state index contributed by atoms with van der Waals surface area (Å²) in [5.74, 6) is 0.855. The first kappa shape index (κ1) is 13.1. The van der Waals surface area contributed by atoms with E-state index >= 15 is 0 Å². The zero-order chi connectivity index (χ0) is 13.5. The van der Waals surface area contributed by atoms with Gasteiger partial charge >= 0.3 is 0 Å². The average molecular weight is 280 g/mol. The first-order valence-electron chi connectivity index (χ1n) is 6.86. The Morgan fingerprint density at radius 1 is 1.05 bits per heavy atom. The summed E-state index contributed by atoms with van der Waals surface area (Å²) in [6, 6.07) is 8.58. The largest absolute Gasteiger partial charge is 0.276 e. The van der Waals surface area contributed by atoms with Gasteiger partial charge < -0.3 is 0 Å². The van der Waals surface area contributed by atoms with Crippen molar-refractivity contribution in [3.8, 4) is 0 Å². The van der Waals surface area contributed by atoms with Crippen molar-refractivity contribution >= 4 is 10.2 Å². The van der Waals surface area contributed by atoms with Gasteiger partial charge in [-0.05, 0) is 48.6 Å². The van der Waals surface area contributed by atoms with Crippen LogP contribution in [-0.2, 0) is 23.1 Å². The second-order valence-electron chi connectivity index (χ2n) is 5.63. The van der Waals surface area contributed by atoms with E-state index in [1.807, 2.05) is 0 Å². The van der Waals surface area contributed by atoms with Gasteiger partial charge in [-0.2, -0.15) is 13.1 Å². The Bertz CT molecular complexity index is 538. The Hall–Kier alpha value is -0.910. The van der Waals surface area contributed by atoms with E-state index in [1.54, 1.807) is 0 Å². The fraction of sp³-hybridized carbons (Fsp3) is 0.571. The second kappa shape index (κ2) is 4.89. The van der Waals surface area contributed by atoms with Gasteiger partial charge in [-0.25, -0.2) is 4.72 Å². The van der Waals surface area contributed by atoms with Crippen LogP contribution < -0.4 is 9.44 Å². The van der Waals surface area contributed by atoms with Crippen LogP contribution in [0.4, 0.5) is 0 Å². The minimum absolute atomic E-state index is 0.0739. The molecule has 2 aliphatic rings. The summed E-state index contributed by atoms with van der Waals surface area (Å²) in [5.41, 5.74) is 2.78. The second-order valence-corrected chi connectivity index (χ2v) is 7.28. The predicted molar refractivity (Wildman–Crippen MR) is 75.0 cm³/mol. The monoisotopic (exact) mass is 280 g/mol. The third kappa shape index (κ3) is 2.55. The molecule has 1 saturated carbocycles. The van der Waals surface area contributed by atoms with E-state index in [0.717, 1.165) is 25.7 Å². The number of hydrogen-bond acceptors (Lipinski definition) is 2. The zero-order valence-electron chi connectivity index (χ0n) is 11.1. The molecule has 2 bridgehead atoms. The molecule has 2 aliphatic carbocycles. The van der Waals surface area contributed by atoms with Gasteiger partial charge in [0.05, 0.1) is 0 Å². The molecule has 0 aromatic heterocycles. The Balaban J connectivity index is 1.87. The van der Waals surface area contributed by atoms with Gasteiger partial charge in [-0.15, -0.1) is 0 Å². The third-order valence-electron chi connectivity index (χ3n) is 4.57. The van der Waals surface area contributed by atoms with Gasteiger partial charge in [-0.1, -0.05) is 24.3 Å². The van der Waals surface area contributed by atoms with E-state index in [1.165, 1.54) is 18.2 Å². The van der Waals surface area contributed by atoms with Crippen molar-refractivity contribution in [1.82, 2.24) is 9.44 Å². The molecular weight excluding hydrogens is 260 g/mol. The number of rotatable bonds is 3. The lowest BCUT2D eigenvalue weighted by molar-refractivity contribution is 0.385. The highest BCUT2D eigenvalue weighted by molar-refractivity contribution is 7.87. The van der Waals surface area contributed by atoms with Crippen molar-refractivity contribution in [3.63, 3.8) is 0 Å². The predicted octanol–water partition coefficient (Wildman–Crippen LogP) is 1.23. The number of hydrogen-bond donors (Lipinski definition) is 2. The molecule has 19 heavy (non-hydrogen) atoms. The highest BCUT2D eigenvalue weighted by atomic mass is 32.2. The lowest BCUT2D eigenvalue weighted by Gasteiger charge is -2.23. The molecule has 0 amide bonds. The quantitative estimate of drug-likeness (QED) is 0.875. The van der Waals surface area contributed by atoms with E-state index in [2.05, 4.69) is 33.7 Å². The zero-order valence-corrected chi connectivity index (χ0v) is 11.9.